The summed E-state index contributed by atoms with van der Waals surface area (Å²) in [6, 6.07) is 55.1. The Kier molecular flexibility index (Phi) is 9.08. The molecule has 4 nitrogen and oxygen atoms in total. The molecule has 2 aliphatic heterocycles. The number of benzene rings is 6. The number of rotatable bonds is 5. The zero-order valence-electron chi connectivity index (χ0n) is 24.0. The van der Waals surface area contributed by atoms with Crippen LogP contribution in [0.1, 0.15) is 0 Å². The Hall–Kier alpha value is -4.75. The van der Waals surface area contributed by atoms with Crippen molar-refractivity contribution in [3.8, 4) is 22.3 Å². The van der Waals surface area contributed by atoms with Crippen molar-refractivity contribution in [1.29, 1.82) is 5.26 Å². The molecule has 0 atom stereocenters. The van der Waals surface area contributed by atoms with Crippen molar-refractivity contribution >= 4 is 45.9 Å². The molecule has 6 aromatic rings. The SMILES string of the molecule is [C-]#N.[Pt+4].[c-]1c(N2[CH-]Sc3ccccc32)cccc1N1[CH-]N(c2c(-c3ccccc3)cccc2-c2ccccc2)c2ccccc21. The average molecular weight is 778 g/mol. The van der Waals surface area contributed by atoms with E-state index < -0.39 is 0 Å². The summed E-state index contributed by atoms with van der Waals surface area (Å²) in [5.74, 6) is 2.16. The molecule has 0 spiro atoms. The molecule has 0 radical (unpaired) electrons. The summed E-state index contributed by atoms with van der Waals surface area (Å²) in [5, 5.41) is 6.25. The number of hydrogen-bond acceptors (Lipinski definition) is 5. The Labute approximate surface area is 283 Å². The minimum absolute atomic E-state index is 0. The molecule has 2 heterocycles. The number of nitrogens with zero attached hydrogens (tertiary/aromatic N) is 4. The number of thioether (sulfide) groups is 1. The van der Waals surface area contributed by atoms with Gasteiger partial charge in [0, 0.05) is 33.9 Å². The van der Waals surface area contributed by atoms with E-state index in [4.69, 9.17) is 11.8 Å². The minimum atomic E-state index is 0. The standard InChI is InChI=1S/C38H26N3S.CN.Pt/c1-3-13-28(14-4-1)32-19-12-20-33(29-15-5-2-6-16-29)38(32)40-26-39(34-21-7-8-22-35(34)40)30-17-11-18-31(25-30)41-27-42-37-24-10-9-23-36(37)41;1-2;/h1-24,26-27H;;/q-3;-1;+4. The summed E-state index contributed by atoms with van der Waals surface area (Å²) >= 11 is 1.75. The van der Waals surface area contributed by atoms with E-state index in [1.54, 1.807) is 11.8 Å². The van der Waals surface area contributed by atoms with E-state index in [1.165, 1.54) is 32.8 Å². The van der Waals surface area contributed by atoms with Crippen molar-refractivity contribution in [3.63, 3.8) is 0 Å². The van der Waals surface area contributed by atoms with E-state index in [2.05, 4.69) is 179 Å². The third kappa shape index (κ3) is 5.64. The van der Waals surface area contributed by atoms with Crippen LogP contribution in [-0.2, 0) is 21.1 Å². The van der Waals surface area contributed by atoms with Gasteiger partial charge < -0.3 is 26.5 Å². The quantitative estimate of drug-likeness (QED) is 0.163. The van der Waals surface area contributed by atoms with Gasteiger partial charge in [0.1, 0.15) is 0 Å². The van der Waals surface area contributed by atoms with Gasteiger partial charge in [-0.3, -0.25) is 11.8 Å². The van der Waals surface area contributed by atoms with E-state index in [9.17, 15) is 0 Å². The van der Waals surface area contributed by atoms with Crippen molar-refractivity contribution in [2.75, 3.05) is 14.7 Å². The normalized spacial score (nSPS) is 12.9. The van der Waals surface area contributed by atoms with Crippen LogP contribution in [0.15, 0.2) is 150 Å². The van der Waals surface area contributed by atoms with Crippen LogP contribution in [0.25, 0.3) is 22.3 Å². The summed E-state index contributed by atoms with van der Waals surface area (Å²) in [6.07, 6.45) is 0. The minimum Gasteiger partial charge on any atom is -0.512 e. The van der Waals surface area contributed by atoms with Crippen molar-refractivity contribution in [3.05, 3.63) is 171 Å². The first kappa shape index (κ1) is 30.3. The number of fused-ring (bicyclic) bond motifs is 2. The van der Waals surface area contributed by atoms with Crippen molar-refractivity contribution in [2.24, 2.45) is 0 Å². The third-order valence-corrected chi connectivity index (χ3v) is 8.69. The molecule has 0 saturated carbocycles. The molecule has 45 heavy (non-hydrogen) atoms. The van der Waals surface area contributed by atoms with E-state index in [0.29, 0.717) is 0 Å². The molecule has 0 aliphatic carbocycles. The zero-order valence-corrected chi connectivity index (χ0v) is 27.1. The van der Waals surface area contributed by atoms with Crippen molar-refractivity contribution in [2.45, 2.75) is 4.90 Å². The predicted molar refractivity (Wildman–Crippen MR) is 181 cm³/mol. The molecule has 0 unspecified atom stereocenters. The maximum Gasteiger partial charge on any atom is 4.00 e. The molecule has 6 aromatic carbocycles. The smallest absolute Gasteiger partial charge is 0.512 e. The van der Waals surface area contributed by atoms with Crippen LogP contribution in [0.2, 0.25) is 0 Å². The molecule has 0 bridgehead atoms. The van der Waals surface area contributed by atoms with Gasteiger partial charge in [-0.15, -0.1) is 36.2 Å². The molecule has 0 N–H and O–H groups in total. The van der Waals surface area contributed by atoms with Crippen LogP contribution in [0.3, 0.4) is 0 Å². The second-order valence-corrected chi connectivity index (χ2v) is 11.1. The Morgan fingerprint density at radius 3 is 1.62 bits per heavy atom. The Morgan fingerprint density at radius 2 is 1.00 bits per heavy atom. The van der Waals surface area contributed by atoms with E-state index in [0.717, 1.165) is 28.4 Å². The van der Waals surface area contributed by atoms with Crippen LogP contribution in [0.5, 0.6) is 0 Å². The van der Waals surface area contributed by atoms with E-state index in [1.807, 2.05) is 0 Å². The third-order valence-electron chi connectivity index (χ3n) is 7.77. The fourth-order valence-corrected chi connectivity index (χ4v) is 6.71. The van der Waals surface area contributed by atoms with E-state index >= 15 is 0 Å². The Bertz CT molecular complexity index is 1890. The molecular formula is C39H26N4PtS. The summed E-state index contributed by atoms with van der Waals surface area (Å²) in [4.78, 5) is 8.08. The van der Waals surface area contributed by atoms with Gasteiger partial charge in [-0.25, -0.2) is 0 Å². The topological polar surface area (TPSA) is 33.5 Å². The summed E-state index contributed by atoms with van der Waals surface area (Å²) < 4.78 is 0. The summed E-state index contributed by atoms with van der Waals surface area (Å²) in [5.41, 5.74) is 11.3. The first-order chi connectivity index (χ1) is 21.8. The summed E-state index contributed by atoms with van der Waals surface area (Å²) in [6.45, 7) is 6.96. The molecule has 8 rings (SSSR count). The monoisotopic (exact) mass is 777 g/mol. The average Bonchev–Trinajstić information content (AvgIpc) is 3.72. The molecule has 0 amide bonds. The second-order valence-electron chi connectivity index (χ2n) is 10.3. The van der Waals surface area contributed by atoms with Gasteiger partial charge in [0.25, 0.3) is 0 Å². The molecule has 2 aliphatic rings. The number of hydrogen-bond donors (Lipinski definition) is 0. The fourth-order valence-electron chi connectivity index (χ4n) is 5.82. The van der Waals surface area contributed by atoms with Gasteiger partial charge in [-0.1, -0.05) is 103 Å². The first-order valence-corrected chi connectivity index (χ1v) is 15.1. The number of anilines is 6. The van der Waals surface area contributed by atoms with Gasteiger partial charge >= 0.3 is 21.1 Å². The fraction of sp³-hybridized carbons (Fsp3) is 0. The summed E-state index contributed by atoms with van der Waals surface area (Å²) in [7, 11) is 0. The first-order valence-electron chi connectivity index (χ1n) is 14.2. The Balaban J connectivity index is 0.00000117. The molecule has 0 fully saturated rings. The maximum atomic E-state index is 6.25. The predicted octanol–water partition coefficient (Wildman–Crippen LogP) is 10.7. The van der Waals surface area contributed by atoms with Crippen LogP contribution < -0.4 is 14.7 Å². The van der Waals surface area contributed by atoms with Crippen molar-refractivity contribution in [1.82, 2.24) is 0 Å². The van der Waals surface area contributed by atoms with Crippen molar-refractivity contribution < 1.29 is 21.1 Å². The van der Waals surface area contributed by atoms with Gasteiger partial charge in [-0.2, -0.15) is 11.9 Å². The van der Waals surface area contributed by atoms with Gasteiger partial charge in [0.2, 0.25) is 0 Å². The van der Waals surface area contributed by atoms with Gasteiger partial charge in [0.15, 0.2) is 0 Å². The van der Waals surface area contributed by atoms with Crippen LogP contribution in [0, 0.1) is 30.4 Å². The molecule has 6 heteroatoms. The largest absolute Gasteiger partial charge is 4.00 e. The van der Waals surface area contributed by atoms with Gasteiger partial charge in [0.05, 0.1) is 0 Å². The van der Waals surface area contributed by atoms with Crippen LogP contribution in [0.4, 0.5) is 34.1 Å². The molecular weight excluding hydrogens is 752 g/mol. The zero-order chi connectivity index (χ0) is 29.9. The van der Waals surface area contributed by atoms with E-state index in [-0.39, 0.29) is 21.1 Å². The maximum absolute atomic E-state index is 6.25. The molecule has 0 aromatic heterocycles. The Morgan fingerprint density at radius 1 is 0.511 bits per heavy atom. The van der Waals surface area contributed by atoms with Crippen LogP contribution >= 0.6 is 11.8 Å². The van der Waals surface area contributed by atoms with Crippen LogP contribution in [-0.4, -0.2) is 0 Å². The second kappa shape index (κ2) is 13.5. The number of para-hydroxylation sites is 4. The van der Waals surface area contributed by atoms with Gasteiger partial charge in [-0.05, 0) is 40.3 Å². The molecule has 218 valence electrons. The molecule has 0 saturated heterocycles.